The Kier molecular flexibility index (Phi) is 4.74. The fraction of sp³-hybridized carbons (Fsp3) is 0.636. The van der Waals surface area contributed by atoms with E-state index in [9.17, 15) is 4.79 Å². The zero-order chi connectivity index (χ0) is 12.2. The highest BCUT2D eigenvalue weighted by Crippen LogP contribution is 2.22. The number of alkyl halides is 1. The quantitative estimate of drug-likeness (QED) is 0.846. The minimum atomic E-state index is -0.119. The van der Waals surface area contributed by atoms with Crippen LogP contribution in [0.5, 0.6) is 0 Å². The summed E-state index contributed by atoms with van der Waals surface area (Å²) in [6, 6.07) is 0.0687. The van der Waals surface area contributed by atoms with Crippen LogP contribution in [-0.2, 0) is 0 Å². The Morgan fingerprint density at radius 3 is 2.75 bits per heavy atom. The van der Waals surface area contributed by atoms with Crippen molar-refractivity contribution >= 4 is 28.8 Å². The summed E-state index contributed by atoms with van der Waals surface area (Å²) in [6.07, 6.45) is 0.765. The van der Waals surface area contributed by atoms with Gasteiger partial charge >= 0.3 is 0 Å². The second kappa shape index (κ2) is 5.64. The van der Waals surface area contributed by atoms with E-state index in [4.69, 9.17) is 11.6 Å². The predicted molar refractivity (Wildman–Crippen MR) is 68.2 cm³/mol. The van der Waals surface area contributed by atoms with Crippen molar-refractivity contribution in [1.82, 2.24) is 10.3 Å². The lowest BCUT2D eigenvalue weighted by Gasteiger charge is -2.30. The van der Waals surface area contributed by atoms with E-state index in [0.29, 0.717) is 11.6 Å². The van der Waals surface area contributed by atoms with Crippen LogP contribution >= 0.6 is 22.9 Å². The average Bonchev–Trinajstić information content (AvgIpc) is 2.68. The Hall–Kier alpha value is -0.610. The molecule has 0 aliphatic carbocycles. The number of thiazole rings is 1. The molecule has 16 heavy (non-hydrogen) atoms. The molecule has 1 amide bonds. The standard InChI is InChI=1S/C11H17ClN2OS/c1-11(2,3)9(4-5-12)14-10(15)8-6-16-7-13-8/h6-7,9H,4-5H2,1-3H3,(H,14,15). The van der Waals surface area contributed by atoms with Crippen LogP contribution in [0, 0.1) is 5.41 Å². The molecule has 1 aromatic heterocycles. The lowest BCUT2D eigenvalue weighted by atomic mass is 9.85. The number of aromatic nitrogens is 1. The van der Waals surface area contributed by atoms with Gasteiger partial charge in [0.15, 0.2) is 0 Å². The first-order valence-electron chi connectivity index (χ1n) is 5.20. The summed E-state index contributed by atoms with van der Waals surface area (Å²) in [7, 11) is 0. The molecule has 0 radical (unpaired) electrons. The van der Waals surface area contributed by atoms with Crippen molar-refractivity contribution in [3.63, 3.8) is 0 Å². The number of nitrogens with one attached hydrogen (secondary N) is 1. The maximum Gasteiger partial charge on any atom is 0.270 e. The first-order chi connectivity index (χ1) is 7.45. The molecule has 1 atom stereocenters. The predicted octanol–water partition coefficient (Wildman–Crippen LogP) is 2.92. The van der Waals surface area contributed by atoms with Crippen molar-refractivity contribution in [2.24, 2.45) is 5.41 Å². The summed E-state index contributed by atoms with van der Waals surface area (Å²) in [4.78, 5) is 15.8. The van der Waals surface area contributed by atoms with Crippen molar-refractivity contribution < 1.29 is 4.79 Å². The van der Waals surface area contributed by atoms with Crippen LogP contribution in [0.4, 0.5) is 0 Å². The fourth-order valence-electron chi connectivity index (χ4n) is 1.39. The molecule has 0 aliphatic heterocycles. The van der Waals surface area contributed by atoms with Crippen molar-refractivity contribution in [2.75, 3.05) is 5.88 Å². The summed E-state index contributed by atoms with van der Waals surface area (Å²) >= 11 is 7.16. The Bertz CT molecular complexity index is 332. The summed E-state index contributed by atoms with van der Waals surface area (Å²) < 4.78 is 0. The lowest BCUT2D eigenvalue weighted by molar-refractivity contribution is 0.0896. The van der Waals surface area contributed by atoms with Gasteiger partial charge in [0.25, 0.3) is 5.91 Å². The first-order valence-corrected chi connectivity index (χ1v) is 6.68. The van der Waals surface area contributed by atoms with Crippen LogP contribution in [-0.4, -0.2) is 22.8 Å². The molecule has 0 aliphatic rings. The van der Waals surface area contributed by atoms with Crippen molar-refractivity contribution in [3.8, 4) is 0 Å². The SMILES string of the molecule is CC(C)(C)C(CCCl)NC(=O)c1cscn1. The zero-order valence-electron chi connectivity index (χ0n) is 9.79. The number of carbonyl (C=O) groups is 1. The van der Waals surface area contributed by atoms with E-state index in [1.54, 1.807) is 10.9 Å². The minimum absolute atomic E-state index is 0.000567. The van der Waals surface area contributed by atoms with E-state index in [2.05, 4.69) is 31.1 Å². The third kappa shape index (κ3) is 3.76. The molecule has 0 aromatic carbocycles. The fourth-order valence-corrected chi connectivity index (χ4v) is 2.14. The molecule has 90 valence electrons. The second-order valence-corrected chi connectivity index (χ2v) is 5.84. The van der Waals surface area contributed by atoms with Crippen molar-refractivity contribution in [3.05, 3.63) is 16.6 Å². The van der Waals surface area contributed by atoms with E-state index >= 15 is 0 Å². The van der Waals surface area contributed by atoms with Crippen LogP contribution in [0.2, 0.25) is 0 Å². The molecule has 0 spiro atoms. The summed E-state index contributed by atoms with van der Waals surface area (Å²) in [5.41, 5.74) is 2.14. The summed E-state index contributed by atoms with van der Waals surface area (Å²) in [6.45, 7) is 6.27. The highest BCUT2D eigenvalue weighted by molar-refractivity contribution is 7.07. The van der Waals surface area contributed by atoms with Gasteiger partial charge in [-0.3, -0.25) is 4.79 Å². The molecule has 1 aromatic rings. The van der Waals surface area contributed by atoms with E-state index < -0.39 is 0 Å². The zero-order valence-corrected chi connectivity index (χ0v) is 11.4. The number of nitrogens with zero attached hydrogens (tertiary/aromatic N) is 1. The van der Waals surface area contributed by atoms with Gasteiger partial charge in [-0.25, -0.2) is 4.98 Å². The Morgan fingerprint density at radius 1 is 1.62 bits per heavy atom. The molecule has 0 fully saturated rings. The molecule has 1 rings (SSSR count). The third-order valence-electron chi connectivity index (χ3n) is 2.41. The average molecular weight is 261 g/mol. The molecule has 0 saturated heterocycles. The Labute approximate surface area is 105 Å². The van der Waals surface area contributed by atoms with Crippen LogP contribution < -0.4 is 5.32 Å². The third-order valence-corrected chi connectivity index (χ3v) is 3.22. The van der Waals surface area contributed by atoms with Gasteiger partial charge in [0.2, 0.25) is 0 Å². The lowest BCUT2D eigenvalue weighted by Crippen LogP contribution is -2.44. The van der Waals surface area contributed by atoms with E-state index in [-0.39, 0.29) is 17.4 Å². The van der Waals surface area contributed by atoms with E-state index in [1.807, 2.05) is 0 Å². The minimum Gasteiger partial charge on any atom is -0.347 e. The molecular formula is C11H17ClN2OS. The number of hydrogen-bond donors (Lipinski definition) is 1. The number of amides is 1. The topological polar surface area (TPSA) is 42.0 Å². The van der Waals surface area contributed by atoms with Crippen molar-refractivity contribution in [2.45, 2.75) is 33.2 Å². The van der Waals surface area contributed by atoms with Gasteiger partial charge in [0.05, 0.1) is 5.51 Å². The number of hydrogen-bond acceptors (Lipinski definition) is 3. The molecule has 1 heterocycles. The monoisotopic (exact) mass is 260 g/mol. The number of halogens is 1. The van der Waals surface area contributed by atoms with Crippen LogP contribution in [0.15, 0.2) is 10.9 Å². The van der Waals surface area contributed by atoms with E-state index in [1.165, 1.54) is 11.3 Å². The molecular weight excluding hydrogens is 244 g/mol. The smallest absolute Gasteiger partial charge is 0.270 e. The highest BCUT2D eigenvalue weighted by atomic mass is 35.5. The molecule has 0 saturated carbocycles. The van der Waals surface area contributed by atoms with Gasteiger partial charge in [-0.2, -0.15) is 0 Å². The van der Waals surface area contributed by atoms with E-state index in [0.717, 1.165) is 6.42 Å². The van der Waals surface area contributed by atoms with Gasteiger partial charge in [0, 0.05) is 17.3 Å². The second-order valence-electron chi connectivity index (χ2n) is 4.74. The normalized spacial score (nSPS) is 13.5. The molecule has 0 bridgehead atoms. The Morgan fingerprint density at radius 2 is 2.31 bits per heavy atom. The largest absolute Gasteiger partial charge is 0.347 e. The van der Waals surface area contributed by atoms with Crippen molar-refractivity contribution in [1.29, 1.82) is 0 Å². The van der Waals surface area contributed by atoms with Crippen LogP contribution in [0.1, 0.15) is 37.7 Å². The van der Waals surface area contributed by atoms with Gasteiger partial charge in [0.1, 0.15) is 5.69 Å². The van der Waals surface area contributed by atoms with Gasteiger partial charge in [-0.15, -0.1) is 22.9 Å². The number of rotatable bonds is 4. The maximum atomic E-state index is 11.8. The molecule has 1 unspecified atom stereocenters. The van der Waals surface area contributed by atoms with Crippen LogP contribution in [0.3, 0.4) is 0 Å². The maximum absolute atomic E-state index is 11.8. The van der Waals surface area contributed by atoms with Gasteiger partial charge in [-0.05, 0) is 11.8 Å². The van der Waals surface area contributed by atoms with Gasteiger partial charge < -0.3 is 5.32 Å². The molecule has 1 N–H and O–H groups in total. The van der Waals surface area contributed by atoms with Crippen LogP contribution in [0.25, 0.3) is 0 Å². The van der Waals surface area contributed by atoms with Gasteiger partial charge in [-0.1, -0.05) is 20.8 Å². The summed E-state index contributed by atoms with van der Waals surface area (Å²) in [5, 5.41) is 4.73. The molecule has 5 heteroatoms. The Balaban J connectivity index is 2.66. The first kappa shape index (κ1) is 13.5. The highest BCUT2D eigenvalue weighted by Gasteiger charge is 2.26. The molecule has 3 nitrogen and oxygen atoms in total. The summed E-state index contributed by atoms with van der Waals surface area (Å²) in [5.74, 6) is 0.422. The number of carbonyl (C=O) groups excluding carboxylic acids is 1.